The quantitative estimate of drug-likeness (QED) is 0.364. The van der Waals surface area contributed by atoms with Crippen LogP contribution in [-0.2, 0) is 24.4 Å². The Morgan fingerprint density at radius 1 is 0.903 bits per heavy atom. The van der Waals surface area contributed by atoms with Gasteiger partial charge >= 0.3 is 6.09 Å². The molecule has 0 atom stereocenters. The van der Waals surface area contributed by atoms with E-state index in [1.165, 1.54) is 12.1 Å². The summed E-state index contributed by atoms with van der Waals surface area (Å²) in [5.74, 6) is -0.609. The van der Waals surface area contributed by atoms with Crippen LogP contribution in [0.3, 0.4) is 0 Å². The van der Waals surface area contributed by atoms with Crippen LogP contribution in [0.1, 0.15) is 16.7 Å². The molecule has 0 spiro atoms. The van der Waals surface area contributed by atoms with Gasteiger partial charge in [0.25, 0.3) is 0 Å². The maximum Gasteiger partial charge on any atom is 0.407 e. The Hall–Kier alpha value is -2.00. The summed E-state index contributed by atoms with van der Waals surface area (Å²) < 4.78 is 32.8. The van der Waals surface area contributed by atoms with Gasteiger partial charge in [0.05, 0.1) is 0 Å². The van der Waals surface area contributed by atoms with Crippen LogP contribution in [0.25, 0.3) is 0 Å². The number of nitrogens with two attached hydrogens (primary N) is 1. The standard InChI is InChI=1S/C15H13BrFNO2.C7H7BrFN.ClH/c16-13-6-7-14(17)12(8-13)9-18-15(19)20-10-11-4-2-1-3-5-11;8-6-1-2-7(9)5(3-6)4-10;/h1-8H,9-10H2,(H,18,19);1-3H,4,10H2;1H. The number of alkyl carbamates (subject to hydrolysis) is 1. The van der Waals surface area contributed by atoms with Crippen molar-refractivity contribution < 1.29 is 18.3 Å². The zero-order chi connectivity index (χ0) is 21.9. The molecule has 0 aliphatic rings. The molecule has 166 valence electrons. The Morgan fingerprint density at radius 2 is 1.45 bits per heavy atom. The highest BCUT2D eigenvalue weighted by Gasteiger charge is 2.06. The number of carbonyl (C=O) groups is 1. The Balaban J connectivity index is 0.000000370. The third kappa shape index (κ3) is 9.78. The Kier molecular flexibility index (Phi) is 12.3. The number of hydrogen-bond donors (Lipinski definition) is 2. The topological polar surface area (TPSA) is 64.4 Å². The zero-order valence-corrected chi connectivity index (χ0v) is 20.3. The number of nitrogens with one attached hydrogen (secondary N) is 1. The van der Waals surface area contributed by atoms with Crippen LogP contribution in [0.5, 0.6) is 0 Å². The van der Waals surface area contributed by atoms with Crippen LogP contribution < -0.4 is 11.1 Å². The van der Waals surface area contributed by atoms with Gasteiger partial charge < -0.3 is 15.8 Å². The van der Waals surface area contributed by atoms with E-state index in [0.29, 0.717) is 11.1 Å². The summed E-state index contributed by atoms with van der Waals surface area (Å²) in [5, 5.41) is 2.52. The molecule has 4 nitrogen and oxygen atoms in total. The average molecular weight is 579 g/mol. The van der Waals surface area contributed by atoms with Crippen LogP contribution in [0.4, 0.5) is 13.6 Å². The lowest BCUT2D eigenvalue weighted by Gasteiger charge is -2.08. The molecule has 0 bridgehead atoms. The molecule has 0 saturated heterocycles. The fraction of sp³-hybridized carbons (Fsp3) is 0.136. The third-order valence-corrected chi connectivity index (χ3v) is 4.86. The van der Waals surface area contributed by atoms with E-state index in [1.54, 1.807) is 24.3 Å². The number of benzene rings is 3. The maximum atomic E-state index is 13.5. The van der Waals surface area contributed by atoms with Gasteiger partial charge in [-0.15, -0.1) is 12.4 Å². The highest BCUT2D eigenvalue weighted by molar-refractivity contribution is 9.10. The van der Waals surface area contributed by atoms with Crippen LogP contribution in [-0.4, -0.2) is 6.09 Å². The fourth-order valence-electron chi connectivity index (χ4n) is 2.32. The summed E-state index contributed by atoms with van der Waals surface area (Å²) in [6, 6.07) is 18.6. The number of halogens is 5. The van der Waals surface area contributed by atoms with Crippen molar-refractivity contribution in [2.24, 2.45) is 5.73 Å². The first-order chi connectivity index (χ1) is 14.4. The first-order valence-electron chi connectivity index (χ1n) is 8.91. The van der Waals surface area contributed by atoms with E-state index in [2.05, 4.69) is 37.2 Å². The summed E-state index contributed by atoms with van der Waals surface area (Å²) in [5.41, 5.74) is 7.09. The van der Waals surface area contributed by atoms with Crippen LogP contribution in [0.15, 0.2) is 75.7 Å². The van der Waals surface area contributed by atoms with Gasteiger partial charge in [-0.05, 0) is 42.0 Å². The van der Waals surface area contributed by atoms with Crippen molar-refractivity contribution >= 4 is 50.4 Å². The van der Waals surface area contributed by atoms with Crippen molar-refractivity contribution in [1.29, 1.82) is 0 Å². The number of rotatable bonds is 5. The van der Waals surface area contributed by atoms with Gasteiger partial charge in [-0.1, -0.05) is 62.2 Å². The maximum absolute atomic E-state index is 13.5. The average Bonchev–Trinajstić information content (AvgIpc) is 2.75. The van der Waals surface area contributed by atoms with E-state index >= 15 is 0 Å². The van der Waals surface area contributed by atoms with Crippen LogP contribution in [0.2, 0.25) is 0 Å². The van der Waals surface area contributed by atoms with Crippen LogP contribution in [0, 0.1) is 11.6 Å². The lowest BCUT2D eigenvalue weighted by Crippen LogP contribution is -2.24. The summed E-state index contributed by atoms with van der Waals surface area (Å²) in [7, 11) is 0. The Morgan fingerprint density at radius 3 is 2.00 bits per heavy atom. The lowest BCUT2D eigenvalue weighted by atomic mass is 10.2. The first kappa shape index (κ1) is 27.0. The van der Waals surface area contributed by atoms with Gasteiger partial charge in [-0.3, -0.25) is 0 Å². The number of amides is 1. The predicted molar refractivity (Wildman–Crippen MR) is 127 cm³/mol. The summed E-state index contributed by atoms with van der Waals surface area (Å²) in [6.45, 7) is 0.512. The first-order valence-corrected chi connectivity index (χ1v) is 10.5. The van der Waals surface area contributed by atoms with Gasteiger partial charge in [0.15, 0.2) is 0 Å². The highest BCUT2D eigenvalue weighted by atomic mass is 79.9. The van der Waals surface area contributed by atoms with E-state index in [-0.39, 0.29) is 43.7 Å². The van der Waals surface area contributed by atoms with E-state index in [4.69, 9.17) is 10.5 Å². The van der Waals surface area contributed by atoms with E-state index < -0.39 is 6.09 Å². The molecule has 3 N–H and O–H groups in total. The SMILES string of the molecule is Cl.NCc1cc(Br)ccc1F.O=C(NCc1cc(Br)ccc1F)OCc1ccccc1. The minimum atomic E-state index is -0.576. The monoisotopic (exact) mass is 576 g/mol. The molecular formula is C22H21Br2ClF2N2O2. The molecule has 0 saturated carbocycles. The minimum absolute atomic E-state index is 0. The number of ether oxygens (including phenoxy) is 1. The molecule has 3 aromatic rings. The highest BCUT2D eigenvalue weighted by Crippen LogP contribution is 2.16. The second-order valence-corrected chi connectivity index (χ2v) is 7.92. The van der Waals surface area contributed by atoms with Gasteiger partial charge in [-0.2, -0.15) is 0 Å². The summed E-state index contributed by atoms with van der Waals surface area (Å²) >= 11 is 6.47. The van der Waals surface area contributed by atoms with Crippen molar-refractivity contribution in [3.8, 4) is 0 Å². The molecule has 0 aliphatic heterocycles. The Labute approximate surface area is 202 Å². The minimum Gasteiger partial charge on any atom is -0.445 e. The molecule has 0 unspecified atom stereocenters. The zero-order valence-electron chi connectivity index (χ0n) is 16.3. The third-order valence-electron chi connectivity index (χ3n) is 3.87. The molecule has 0 heterocycles. The summed E-state index contributed by atoms with van der Waals surface area (Å²) in [6.07, 6.45) is -0.576. The van der Waals surface area contributed by atoms with E-state index in [0.717, 1.165) is 14.5 Å². The molecule has 3 rings (SSSR count). The second-order valence-electron chi connectivity index (χ2n) is 6.09. The molecule has 9 heteroatoms. The second kappa shape index (κ2) is 14.1. The van der Waals surface area contributed by atoms with Gasteiger partial charge in [-0.25, -0.2) is 13.6 Å². The molecule has 0 aliphatic carbocycles. The predicted octanol–water partition coefficient (Wildman–Crippen LogP) is 6.48. The van der Waals surface area contributed by atoms with Crippen molar-refractivity contribution in [2.75, 3.05) is 0 Å². The molecule has 1 amide bonds. The van der Waals surface area contributed by atoms with Gasteiger partial charge in [0, 0.05) is 33.2 Å². The fourth-order valence-corrected chi connectivity index (χ4v) is 3.14. The van der Waals surface area contributed by atoms with Crippen molar-refractivity contribution in [1.82, 2.24) is 5.32 Å². The smallest absolute Gasteiger partial charge is 0.407 e. The molecule has 0 aromatic heterocycles. The van der Waals surface area contributed by atoms with Gasteiger partial charge in [0.2, 0.25) is 0 Å². The number of hydrogen-bond acceptors (Lipinski definition) is 3. The molecule has 3 aromatic carbocycles. The Bertz CT molecular complexity index is 979. The molecular weight excluding hydrogens is 558 g/mol. The molecule has 31 heavy (non-hydrogen) atoms. The van der Waals surface area contributed by atoms with E-state index in [9.17, 15) is 13.6 Å². The van der Waals surface area contributed by atoms with Crippen molar-refractivity contribution in [3.05, 3.63) is 104 Å². The summed E-state index contributed by atoms with van der Waals surface area (Å²) in [4.78, 5) is 11.5. The number of carbonyl (C=O) groups excluding carboxylic acids is 1. The molecule has 0 radical (unpaired) electrons. The normalized spacial score (nSPS) is 9.71. The van der Waals surface area contributed by atoms with E-state index in [1.807, 2.05) is 30.3 Å². The van der Waals surface area contributed by atoms with Gasteiger partial charge in [0.1, 0.15) is 18.2 Å². The van der Waals surface area contributed by atoms with Crippen molar-refractivity contribution in [3.63, 3.8) is 0 Å². The van der Waals surface area contributed by atoms with Crippen LogP contribution >= 0.6 is 44.3 Å². The lowest BCUT2D eigenvalue weighted by molar-refractivity contribution is 0.139. The molecule has 0 fully saturated rings. The largest absolute Gasteiger partial charge is 0.445 e. The van der Waals surface area contributed by atoms with Crippen molar-refractivity contribution in [2.45, 2.75) is 19.7 Å².